The van der Waals surface area contributed by atoms with Crippen LogP contribution >= 0.6 is 0 Å². The lowest BCUT2D eigenvalue weighted by molar-refractivity contribution is 0.607. The van der Waals surface area contributed by atoms with Crippen LogP contribution in [-0.2, 0) is 38.5 Å². The van der Waals surface area contributed by atoms with E-state index in [2.05, 4.69) is 98.8 Å². The number of rotatable bonds is 26. The number of unbranched alkanes of at least 4 members (excludes halogenated alkanes) is 14. The zero-order chi connectivity index (χ0) is 35.9. The third kappa shape index (κ3) is 15.7. The van der Waals surface area contributed by atoms with Gasteiger partial charge in [-0.05, 0) is 133 Å². The summed E-state index contributed by atoms with van der Waals surface area (Å²) in [5.41, 5.74) is 25.6. The second kappa shape index (κ2) is 23.9. The zero-order valence-corrected chi connectivity index (χ0v) is 32.5. The summed E-state index contributed by atoms with van der Waals surface area (Å²) in [5, 5.41) is 0. The van der Waals surface area contributed by atoms with Gasteiger partial charge >= 0.3 is 0 Å². The number of anilines is 2. The van der Waals surface area contributed by atoms with Gasteiger partial charge in [-0.15, -0.1) is 0 Å². The maximum Gasteiger partial charge on any atom is 0.0316 e. The molecule has 0 aromatic heterocycles. The average Bonchev–Trinajstić information content (AvgIpc) is 3.14. The second-order valence-corrected chi connectivity index (χ2v) is 15.3. The molecule has 0 bridgehead atoms. The van der Waals surface area contributed by atoms with E-state index < -0.39 is 0 Å². The topological polar surface area (TPSA) is 52.0 Å². The number of hydrogen-bond acceptors (Lipinski definition) is 2. The first-order valence-electron chi connectivity index (χ1n) is 20.9. The van der Waals surface area contributed by atoms with Gasteiger partial charge < -0.3 is 11.5 Å². The molecule has 51 heavy (non-hydrogen) atoms. The monoisotopic (exact) mass is 687 g/mol. The van der Waals surface area contributed by atoms with E-state index in [1.54, 1.807) is 0 Å². The van der Waals surface area contributed by atoms with E-state index in [-0.39, 0.29) is 0 Å². The fourth-order valence-corrected chi connectivity index (χ4v) is 7.57. The molecule has 4 aromatic rings. The van der Waals surface area contributed by atoms with Gasteiger partial charge in [0.05, 0.1) is 0 Å². The molecule has 0 aliphatic heterocycles. The molecular formula is C49H70N2. The van der Waals surface area contributed by atoms with Crippen molar-refractivity contribution in [2.45, 2.75) is 162 Å². The predicted molar refractivity (Wildman–Crippen MR) is 225 cm³/mol. The Bertz CT molecular complexity index is 1390. The summed E-state index contributed by atoms with van der Waals surface area (Å²) in [6.07, 6.45) is 29.1. The van der Waals surface area contributed by atoms with Crippen LogP contribution in [0.15, 0.2) is 84.9 Å². The zero-order valence-electron chi connectivity index (χ0n) is 32.5. The lowest BCUT2D eigenvalue weighted by atomic mass is 9.94. The Kier molecular flexibility index (Phi) is 18.8. The van der Waals surface area contributed by atoms with Crippen molar-refractivity contribution >= 4 is 11.4 Å². The highest BCUT2D eigenvalue weighted by Crippen LogP contribution is 2.23. The van der Waals surface area contributed by atoms with Crippen LogP contribution in [0.3, 0.4) is 0 Å². The number of nitrogen functional groups attached to an aromatic ring is 2. The number of hydrogen-bond donors (Lipinski definition) is 2. The molecule has 0 heterocycles. The van der Waals surface area contributed by atoms with E-state index >= 15 is 0 Å². The molecule has 2 heteroatoms. The first-order valence-corrected chi connectivity index (χ1v) is 20.9. The third-order valence-corrected chi connectivity index (χ3v) is 10.8. The summed E-state index contributed by atoms with van der Waals surface area (Å²) in [7, 11) is 0. The molecule has 4 aromatic carbocycles. The smallest absolute Gasteiger partial charge is 0.0316 e. The highest BCUT2D eigenvalue weighted by Gasteiger charge is 2.08. The van der Waals surface area contributed by atoms with Gasteiger partial charge in [-0.1, -0.05) is 158 Å². The fraction of sp³-hybridized carbons (Fsp3) is 0.510. The van der Waals surface area contributed by atoms with Crippen molar-refractivity contribution in [3.63, 3.8) is 0 Å². The van der Waals surface area contributed by atoms with Gasteiger partial charge in [0.2, 0.25) is 0 Å². The van der Waals surface area contributed by atoms with Crippen molar-refractivity contribution in [1.82, 2.24) is 0 Å². The molecule has 0 amide bonds. The van der Waals surface area contributed by atoms with Crippen molar-refractivity contribution < 1.29 is 0 Å². The molecular weight excluding hydrogens is 617 g/mol. The van der Waals surface area contributed by atoms with Crippen LogP contribution in [0.1, 0.15) is 168 Å². The number of aryl methyl sites for hydroxylation is 4. The van der Waals surface area contributed by atoms with Crippen molar-refractivity contribution in [2.75, 3.05) is 11.5 Å². The lowest BCUT2D eigenvalue weighted by Gasteiger charge is -2.12. The predicted octanol–water partition coefficient (Wildman–Crippen LogP) is 13.6. The minimum absolute atomic E-state index is 0.891. The molecule has 0 fully saturated rings. The minimum Gasteiger partial charge on any atom is -0.399 e. The standard InChI is InChI=1S/C49H70N2/c1-3-5-7-9-14-18-22-44-38-48(50)34-32-46(44)36-42-28-24-40(25-29-42)20-16-12-11-13-17-21-41-26-30-43(31-27-41)37-47-33-35-49(51)39-45(47)23-19-15-10-8-6-4-2/h24-35,38-39H,3-23,36-37,50-51H2,1-2H3. The van der Waals surface area contributed by atoms with Crippen molar-refractivity contribution in [2.24, 2.45) is 0 Å². The molecule has 0 spiro atoms. The third-order valence-electron chi connectivity index (χ3n) is 10.8. The largest absolute Gasteiger partial charge is 0.399 e. The van der Waals surface area contributed by atoms with Crippen LogP contribution in [0.4, 0.5) is 11.4 Å². The van der Waals surface area contributed by atoms with Crippen molar-refractivity contribution in [3.8, 4) is 0 Å². The summed E-state index contributed by atoms with van der Waals surface area (Å²) < 4.78 is 0. The quantitative estimate of drug-likeness (QED) is 0.0510. The number of benzene rings is 4. The Balaban J connectivity index is 1.10. The summed E-state index contributed by atoms with van der Waals surface area (Å²) >= 11 is 0. The van der Waals surface area contributed by atoms with Crippen LogP contribution in [0.5, 0.6) is 0 Å². The summed E-state index contributed by atoms with van der Waals surface area (Å²) in [6, 6.07) is 31.9. The molecule has 0 saturated carbocycles. The second-order valence-electron chi connectivity index (χ2n) is 15.3. The van der Waals surface area contributed by atoms with Gasteiger partial charge in [-0.25, -0.2) is 0 Å². The highest BCUT2D eigenvalue weighted by molar-refractivity contribution is 5.47. The number of nitrogens with two attached hydrogens (primary N) is 2. The molecule has 2 nitrogen and oxygen atoms in total. The summed E-state index contributed by atoms with van der Waals surface area (Å²) in [5.74, 6) is 0. The van der Waals surface area contributed by atoms with Gasteiger partial charge in [0.1, 0.15) is 0 Å². The Morgan fingerprint density at radius 1 is 0.314 bits per heavy atom. The first-order chi connectivity index (χ1) is 25.0. The first kappa shape index (κ1) is 40.3. The van der Waals surface area contributed by atoms with Crippen molar-refractivity contribution in [1.29, 1.82) is 0 Å². The molecule has 4 rings (SSSR count). The maximum atomic E-state index is 6.17. The molecule has 0 saturated heterocycles. The van der Waals surface area contributed by atoms with Crippen molar-refractivity contribution in [3.05, 3.63) is 129 Å². The maximum absolute atomic E-state index is 6.17. The molecule has 0 atom stereocenters. The van der Waals surface area contributed by atoms with Crippen LogP contribution < -0.4 is 11.5 Å². The highest BCUT2D eigenvalue weighted by atomic mass is 14.5. The van der Waals surface area contributed by atoms with E-state index in [9.17, 15) is 0 Å². The minimum atomic E-state index is 0.891. The molecule has 0 radical (unpaired) electrons. The molecule has 276 valence electrons. The molecule has 4 N–H and O–H groups in total. The van der Waals surface area contributed by atoms with E-state index in [1.807, 2.05) is 0 Å². The lowest BCUT2D eigenvalue weighted by Crippen LogP contribution is -1.99. The van der Waals surface area contributed by atoms with Gasteiger partial charge in [0.15, 0.2) is 0 Å². The normalized spacial score (nSPS) is 11.3. The Labute approximate surface area is 312 Å². The molecule has 0 aliphatic carbocycles. The molecule has 0 unspecified atom stereocenters. The Hall–Kier alpha value is -3.52. The van der Waals surface area contributed by atoms with Gasteiger partial charge in [0.25, 0.3) is 0 Å². The van der Waals surface area contributed by atoms with E-state index in [0.29, 0.717) is 0 Å². The van der Waals surface area contributed by atoms with E-state index in [4.69, 9.17) is 11.5 Å². The SMILES string of the molecule is CCCCCCCCc1cc(N)ccc1Cc1ccc(CCCCCCCc2ccc(Cc3ccc(N)cc3CCCCCCCC)cc2)cc1. The Morgan fingerprint density at radius 2 is 0.627 bits per heavy atom. The van der Waals surface area contributed by atoms with Crippen LogP contribution in [0.2, 0.25) is 0 Å². The average molecular weight is 687 g/mol. The van der Waals surface area contributed by atoms with Crippen LogP contribution in [0.25, 0.3) is 0 Å². The molecule has 0 aliphatic rings. The van der Waals surface area contributed by atoms with E-state index in [1.165, 1.54) is 167 Å². The summed E-state index contributed by atoms with van der Waals surface area (Å²) in [4.78, 5) is 0. The van der Waals surface area contributed by atoms with Gasteiger partial charge in [0, 0.05) is 11.4 Å². The fourth-order valence-electron chi connectivity index (χ4n) is 7.57. The van der Waals surface area contributed by atoms with Crippen LogP contribution in [-0.4, -0.2) is 0 Å². The summed E-state index contributed by atoms with van der Waals surface area (Å²) in [6.45, 7) is 4.56. The van der Waals surface area contributed by atoms with Gasteiger partial charge in [-0.2, -0.15) is 0 Å². The Morgan fingerprint density at radius 3 is 1.00 bits per heavy atom. The van der Waals surface area contributed by atoms with E-state index in [0.717, 1.165) is 37.1 Å². The van der Waals surface area contributed by atoms with Gasteiger partial charge in [-0.3, -0.25) is 0 Å². The van der Waals surface area contributed by atoms with Crippen LogP contribution in [0, 0.1) is 0 Å².